The summed E-state index contributed by atoms with van der Waals surface area (Å²) < 4.78 is 0. The normalized spacial score (nSPS) is 24.5. The topological polar surface area (TPSA) is 35.5 Å². The summed E-state index contributed by atoms with van der Waals surface area (Å²) in [7, 11) is 0. The van der Waals surface area contributed by atoms with Crippen molar-refractivity contribution >= 4 is 0 Å². The minimum atomic E-state index is -0.337. The summed E-state index contributed by atoms with van der Waals surface area (Å²) in [5.41, 5.74) is 2.58. The second-order valence-corrected chi connectivity index (χ2v) is 6.84. The van der Waals surface area contributed by atoms with Crippen LogP contribution in [0.2, 0.25) is 0 Å². The summed E-state index contributed by atoms with van der Waals surface area (Å²) in [6.07, 6.45) is 0.631. The third-order valence-corrected chi connectivity index (χ3v) is 5.21. The number of nitrogens with zero attached hydrogens (tertiary/aromatic N) is 1. The van der Waals surface area contributed by atoms with Crippen molar-refractivity contribution in [1.82, 2.24) is 10.2 Å². The van der Waals surface area contributed by atoms with Crippen LogP contribution in [0.25, 0.3) is 0 Å². The van der Waals surface area contributed by atoms with E-state index in [1.807, 2.05) is 12.1 Å². The van der Waals surface area contributed by atoms with Gasteiger partial charge in [-0.2, -0.15) is 0 Å². The van der Waals surface area contributed by atoms with Crippen LogP contribution < -0.4 is 5.32 Å². The quantitative estimate of drug-likeness (QED) is 0.883. The molecule has 2 aromatic rings. The molecule has 0 bridgehead atoms. The number of nitrogens with one attached hydrogen (secondary N) is 1. The molecule has 3 heteroatoms. The highest BCUT2D eigenvalue weighted by Gasteiger charge is 2.31. The van der Waals surface area contributed by atoms with Gasteiger partial charge in [0.2, 0.25) is 0 Å². The van der Waals surface area contributed by atoms with E-state index >= 15 is 0 Å². The first-order valence-corrected chi connectivity index (χ1v) is 8.93. The van der Waals surface area contributed by atoms with Gasteiger partial charge >= 0.3 is 0 Å². The minimum Gasteiger partial charge on any atom is -0.390 e. The van der Waals surface area contributed by atoms with E-state index in [0.717, 1.165) is 19.5 Å². The van der Waals surface area contributed by atoms with Gasteiger partial charge in [-0.05, 0) is 31.4 Å². The Labute approximate surface area is 145 Å². The standard InChI is InChI=1S/C21H28N2O/c1-16(18-9-5-3-6-10-18)22-20-13-14-23(15-21(20)24)17(2)19-11-7-4-8-12-19/h3-12,16-17,20-22,24H,13-15H2,1-2H3/t16?,17?,20-,21-/m0/s1. The lowest BCUT2D eigenvalue weighted by Crippen LogP contribution is -2.53. The van der Waals surface area contributed by atoms with Crippen molar-refractivity contribution < 1.29 is 5.11 Å². The molecule has 0 aromatic heterocycles. The summed E-state index contributed by atoms with van der Waals surface area (Å²) in [4.78, 5) is 2.38. The lowest BCUT2D eigenvalue weighted by Gasteiger charge is -2.40. The maximum Gasteiger partial charge on any atom is 0.0820 e. The first kappa shape index (κ1) is 17.2. The smallest absolute Gasteiger partial charge is 0.0820 e. The Balaban J connectivity index is 1.57. The van der Waals surface area contributed by atoms with Crippen molar-refractivity contribution in [3.63, 3.8) is 0 Å². The summed E-state index contributed by atoms with van der Waals surface area (Å²) >= 11 is 0. The molecule has 1 heterocycles. The second-order valence-electron chi connectivity index (χ2n) is 6.84. The van der Waals surface area contributed by atoms with Crippen LogP contribution >= 0.6 is 0 Å². The molecule has 1 aliphatic heterocycles. The number of hydrogen-bond acceptors (Lipinski definition) is 3. The van der Waals surface area contributed by atoms with E-state index in [4.69, 9.17) is 0 Å². The fourth-order valence-corrected chi connectivity index (χ4v) is 3.60. The minimum absolute atomic E-state index is 0.152. The Kier molecular flexibility index (Phi) is 5.67. The first-order valence-electron chi connectivity index (χ1n) is 8.93. The summed E-state index contributed by atoms with van der Waals surface area (Å²) in [6.45, 7) is 6.12. The maximum atomic E-state index is 10.6. The number of β-amino-alcohol motifs (C(OH)–C–C–N with tert-alkyl or cyclic N) is 1. The lowest BCUT2D eigenvalue weighted by molar-refractivity contribution is 0.0204. The molecule has 1 aliphatic rings. The molecule has 24 heavy (non-hydrogen) atoms. The van der Waals surface area contributed by atoms with E-state index in [1.54, 1.807) is 0 Å². The largest absolute Gasteiger partial charge is 0.390 e. The van der Waals surface area contributed by atoms with Crippen LogP contribution in [0.3, 0.4) is 0 Å². The summed E-state index contributed by atoms with van der Waals surface area (Å²) in [5, 5.41) is 14.2. The number of piperidine rings is 1. The summed E-state index contributed by atoms with van der Waals surface area (Å²) in [6, 6.07) is 21.7. The van der Waals surface area contributed by atoms with Crippen molar-refractivity contribution in [2.45, 2.75) is 44.5 Å². The highest BCUT2D eigenvalue weighted by Crippen LogP contribution is 2.25. The molecule has 4 atom stereocenters. The van der Waals surface area contributed by atoms with Crippen LogP contribution in [-0.2, 0) is 0 Å². The zero-order valence-corrected chi connectivity index (χ0v) is 14.6. The number of aliphatic hydroxyl groups is 1. The van der Waals surface area contributed by atoms with Gasteiger partial charge in [0.15, 0.2) is 0 Å². The lowest BCUT2D eigenvalue weighted by atomic mass is 9.96. The third-order valence-electron chi connectivity index (χ3n) is 5.21. The predicted octanol–water partition coefficient (Wildman–Crippen LogP) is 3.53. The van der Waals surface area contributed by atoms with Crippen molar-refractivity contribution in [2.24, 2.45) is 0 Å². The summed E-state index contributed by atoms with van der Waals surface area (Å²) in [5.74, 6) is 0. The van der Waals surface area contributed by atoms with Crippen molar-refractivity contribution in [2.75, 3.05) is 13.1 Å². The van der Waals surface area contributed by atoms with Crippen molar-refractivity contribution in [3.8, 4) is 0 Å². The zero-order chi connectivity index (χ0) is 16.9. The van der Waals surface area contributed by atoms with Crippen molar-refractivity contribution in [3.05, 3.63) is 71.8 Å². The number of benzene rings is 2. The van der Waals surface area contributed by atoms with Gasteiger partial charge in [-0.15, -0.1) is 0 Å². The van der Waals surface area contributed by atoms with Crippen LogP contribution in [0.15, 0.2) is 60.7 Å². The molecule has 3 nitrogen and oxygen atoms in total. The average molecular weight is 324 g/mol. The van der Waals surface area contributed by atoms with E-state index in [9.17, 15) is 5.11 Å². The number of hydrogen-bond donors (Lipinski definition) is 2. The van der Waals surface area contributed by atoms with E-state index in [-0.39, 0.29) is 18.2 Å². The second kappa shape index (κ2) is 7.93. The van der Waals surface area contributed by atoms with Gasteiger partial charge in [0.1, 0.15) is 0 Å². The molecule has 0 radical (unpaired) electrons. The van der Waals surface area contributed by atoms with Gasteiger partial charge in [-0.3, -0.25) is 4.90 Å². The number of likely N-dealkylation sites (tertiary alicyclic amines) is 1. The Morgan fingerprint density at radius 2 is 1.54 bits per heavy atom. The first-order chi connectivity index (χ1) is 11.6. The monoisotopic (exact) mass is 324 g/mol. The molecular formula is C21H28N2O. The molecule has 3 rings (SSSR count). The van der Waals surface area contributed by atoms with E-state index in [1.165, 1.54) is 11.1 Å². The molecule has 128 valence electrons. The molecule has 2 unspecified atom stereocenters. The van der Waals surface area contributed by atoms with Crippen molar-refractivity contribution in [1.29, 1.82) is 0 Å². The van der Waals surface area contributed by atoms with Gasteiger partial charge < -0.3 is 10.4 Å². The molecule has 0 saturated carbocycles. The van der Waals surface area contributed by atoms with Gasteiger partial charge in [-0.1, -0.05) is 60.7 Å². The molecular weight excluding hydrogens is 296 g/mol. The van der Waals surface area contributed by atoms with Gasteiger partial charge in [0.05, 0.1) is 6.10 Å². The molecule has 0 amide bonds. The molecule has 1 saturated heterocycles. The van der Waals surface area contributed by atoms with Gasteiger partial charge in [0.25, 0.3) is 0 Å². The third kappa shape index (κ3) is 4.04. The Morgan fingerprint density at radius 1 is 0.958 bits per heavy atom. The number of rotatable bonds is 5. The fourth-order valence-electron chi connectivity index (χ4n) is 3.60. The SMILES string of the molecule is CC(N[C@H]1CCN(C(C)c2ccccc2)C[C@@H]1O)c1ccccc1. The van der Waals surface area contributed by atoms with Crippen LogP contribution in [-0.4, -0.2) is 35.2 Å². The molecule has 1 fully saturated rings. The zero-order valence-electron chi connectivity index (χ0n) is 14.6. The van der Waals surface area contributed by atoms with Gasteiger partial charge in [-0.25, -0.2) is 0 Å². The Hall–Kier alpha value is -1.68. The van der Waals surface area contributed by atoms with Crippen LogP contribution in [0.5, 0.6) is 0 Å². The van der Waals surface area contributed by atoms with Gasteiger partial charge in [0, 0.05) is 31.2 Å². The van der Waals surface area contributed by atoms with E-state index in [0.29, 0.717) is 6.04 Å². The predicted molar refractivity (Wildman–Crippen MR) is 98.8 cm³/mol. The average Bonchev–Trinajstić information content (AvgIpc) is 2.64. The molecule has 2 aromatic carbocycles. The highest BCUT2D eigenvalue weighted by molar-refractivity contribution is 5.19. The van der Waals surface area contributed by atoms with E-state index in [2.05, 4.69) is 72.6 Å². The van der Waals surface area contributed by atoms with Crippen LogP contribution in [0.1, 0.15) is 43.5 Å². The van der Waals surface area contributed by atoms with Crippen LogP contribution in [0, 0.1) is 0 Å². The highest BCUT2D eigenvalue weighted by atomic mass is 16.3. The Morgan fingerprint density at radius 3 is 2.12 bits per heavy atom. The van der Waals surface area contributed by atoms with Crippen LogP contribution in [0.4, 0.5) is 0 Å². The molecule has 0 spiro atoms. The molecule has 0 aliphatic carbocycles. The number of aliphatic hydroxyl groups excluding tert-OH is 1. The Bertz CT molecular complexity index is 616. The fraction of sp³-hybridized carbons (Fsp3) is 0.429. The molecule has 2 N–H and O–H groups in total. The maximum absolute atomic E-state index is 10.6. The van der Waals surface area contributed by atoms with E-state index < -0.39 is 0 Å².